The molecule has 1 aromatic carbocycles. The molecule has 2 aromatic rings. The normalized spacial score (nSPS) is 11.6. The van der Waals surface area contributed by atoms with Gasteiger partial charge in [0, 0.05) is 11.6 Å². The Labute approximate surface area is 92.9 Å². The number of rotatable bonds is 2. The summed E-state index contributed by atoms with van der Waals surface area (Å²) in [5.74, 6) is 0.517. The fourth-order valence-electron chi connectivity index (χ4n) is 1.53. The van der Waals surface area contributed by atoms with E-state index < -0.39 is 10.0 Å². The van der Waals surface area contributed by atoms with Gasteiger partial charge in [-0.2, -0.15) is 0 Å². The highest BCUT2D eigenvalue weighted by molar-refractivity contribution is 7.89. The van der Waals surface area contributed by atoms with E-state index in [0.717, 1.165) is 0 Å². The highest BCUT2D eigenvalue weighted by atomic mass is 32.2. The third-order valence-electron chi connectivity index (χ3n) is 2.22. The Morgan fingerprint density at radius 2 is 2.06 bits per heavy atom. The molecule has 84 valence electrons. The van der Waals surface area contributed by atoms with E-state index in [2.05, 4.69) is 4.98 Å². The lowest BCUT2D eigenvalue weighted by Crippen LogP contribution is -2.12. The summed E-state index contributed by atoms with van der Waals surface area (Å²) >= 11 is 0. The topological polar surface area (TPSA) is 82.3 Å². The maximum atomic E-state index is 11.4. The second-order valence-corrected chi connectivity index (χ2v) is 4.74. The molecule has 16 heavy (non-hydrogen) atoms. The van der Waals surface area contributed by atoms with Gasteiger partial charge in [-0.3, -0.25) is 4.98 Å². The van der Waals surface area contributed by atoms with Gasteiger partial charge in [0.15, 0.2) is 0 Å². The zero-order chi connectivity index (χ0) is 11.8. The van der Waals surface area contributed by atoms with Crippen LogP contribution in [-0.2, 0) is 10.0 Å². The number of hydrogen-bond acceptors (Lipinski definition) is 4. The van der Waals surface area contributed by atoms with Gasteiger partial charge in [-0.1, -0.05) is 0 Å². The predicted octanol–water partition coefficient (Wildman–Crippen LogP) is 0.891. The second-order valence-electron chi connectivity index (χ2n) is 3.21. The summed E-state index contributed by atoms with van der Waals surface area (Å²) in [6, 6.07) is 6.24. The van der Waals surface area contributed by atoms with E-state index in [1.54, 1.807) is 18.3 Å². The van der Waals surface area contributed by atoms with Crippen LogP contribution in [0.4, 0.5) is 0 Å². The maximum Gasteiger partial charge on any atom is 0.238 e. The van der Waals surface area contributed by atoms with Gasteiger partial charge in [0.05, 0.1) is 12.0 Å². The van der Waals surface area contributed by atoms with Crippen LogP contribution >= 0.6 is 0 Å². The summed E-state index contributed by atoms with van der Waals surface area (Å²) in [4.78, 5) is 4.13. The number of fused-ring (bicyclic) bond motifs is 1. The number of nitrogens with zero attached hydrogens (tertiary/aromatic N) is 1. The van der Waals surface area contributed by atoms with Crippen LogP contribution in [0.3, 0.4) is 0 Å². The van der Waals surface area contributed by atoms with Crippen LogP contribution in [0.5, 0.6) is 5.75 Å². The maximum absolute atomic E-state index is 11.4. The third kappa shape index (κ3) is 1.72. The highest BCUT2D eigenvalue weighted by Crippen LogP contribution is 2.28. The molecule has 2 N–H and O–H groups in total. The number of primary sulfonamides is 1. The SMILES string of the molecule is COc1ccc(S(N)(=O)=O)c2cccnc12. The molecule has 0 unspecified atom stereocenters. The van der Waals surface area contributed by atoms with E-state index in [4.69, 9.17) is 9.88 Å². The van der Waals surface area contributed by atoms with Crippen molar-refractivity contribution >= 4 is 20.9 Å². The minimum Gasteiger partial charge on any atom is -0.494 e. The van der Waals surface area contributed by atoms with E-state index in [1.165, 1.54) is 19.2 Å². The molecule has 0 aliphatic heterocycles. The minimum absolute atomic E-state index is 0.0522. The number of aromatic nitrogens is 1. The number of ether oxygens (including phenoxy) is 1. The largest absolute Gasteiger partial charge is 0.494 e. The first-order valence-electron chi connectivity index (χ1n) is 4.48. The monoisotopic (exact) mass is 238 g/mol. The molecule has 0 spiro atoms. The van der Waals surface area contributed by atoms with Crippen molar-refractivity contribution < 1.29 is 13.2 Å². The molecule has 0 atom stereocenters. The van der Waals surface area contributed by atoms with Gasteiger partial charge in [-0.25, -0.2) is 13.6 Å². The van der Waals surface area contributed by atoms with Crippen LogP contribution < -0.4 is 9.88 Å². The van der Waals surface area contributed by atoms with Crippen LogP contribution in [0, 0.1) is 0 Å². The molecule has 0 saturated heterocycles. The summed E-state index contributed by atoms with van der Waals surface area (Å²) in [5.41, 5.74) is 0.483. The summed E-state index contributed by atoms with van der Waals surface area (Å²) in [7, 11) is -2.25. The van der Waals surface area contributed by atoms with E-state index >= 15 is 0 Å². The Morgan fingerprint density at radius 3 is 2.69 bits per heavy atom. The van der Waals surface area contributed by atoms with Gasteiger partial charge >= 0.3 is 0 Å². The van der Waals surface area contributed by atoms with Crippen molar-refractivity contribution in [2.75, 3.05) is 7.11 Å². The van der Waals surface area contributed by atoms with Crippen molar-refractivity contribution in [1.82, 2.24) is 4.98 Å². The number of methoxy groups -OCH3 is 1. The average molecular weight is 238 g/mol. The molecule has 2 rings (SSSR count). The third-order valence-corrected chi connectivity index (χ3v) is 3.19. The Kier molecular flexibility index (Phi) is 2.53. The Balaban J connectivity index is 2.91. The Hall–Kier alpha value is -1.66. The van der Waals surface area contributed by atoms with Crippen LogP contribution in [0.15, 0.2) is 35.4 Å². The second kappa shape index (κ2) is 3.73. The zero-order valence-corrected chi connectivity index (χ0v) is 9.36. The Morgan fingerprint density at radius 1 is 1.31 bits per heavy atom. The fourth-order valence-corrected chi connectivity index (χ4v) is 2.26. The van der Waals surface area contributed by atoms with Crippen molar-refractivity contribution in [3.8, 4) is 5.75 Å². The molecule has 0 amide bonds. The summed E-state index contributed by atoms with van der Waals surface area (Å²) in [6.45, 7) is 0. The van der Waals surface area contributed by atoms with Gasteiger partial charge in [-0.15, -0.1) is 0 Å². The zero-order valence-electron chi connectivity index (χ0n) is 8.54. The van der Waals surface area contributed by atoms with E-state index in [9.17, 15) is 8.42 Å². The van der Waals surface area contributed by atoms with Crippen molar-refractivity contribution in [3.63, 3.8) is 0 Å². The standard InChI is InChI=1S/C10H10N2O3S/c1-15-8-4-5-9(16(11,13)14)7-3-2-6-12-10(7)8/h2-6H,1H3,(H2,11,13,14). The smallest absolute Gasteiger partial charge is 0.238 e. The summed E-state index contributed by atoms with van der Waals surface area (Å²) < 4.78 is 27.8. The van der Waals surface area contributed by atoms with Gasteiger partial charge in [-0.05, 0) is 24.3 Å². The molecular weight excluding hydrogens is 228 g/mol. The summed E-state index contributed by atoms with van der Waals surface area (Å²) in [6.07, 6.45) is 1.57. The van der Waals surface area contributed by atoms with E-state index in [1.807, 2.05) is 0 Å². The molecule has 0 saturated carbocycles. The van der Waals surface area contributed by atoms with Gasteiger partial charge < -0.3 is 4.74 Å². The number of pyridine rings is 1. The van der Waals surface area contributed by atoms with Crippen LogP contribution in [-0.4, -0.2) is 20.5 Å². The first-order chi connectivity index (χ1) is 7.54. The molecule has 1 heterocycles. The first-order valence-corrected chi connectivity index (χ1v) is 6.03. The molecular formula is C10H10N2O3S. The molecule has 0 radical (unpaired) electrons. The molecule has 6 heteroatoms. The number of benzene rings is 1. The lowest BCUT2D eigenvalue weighted by molar-refractivity contribution is 0.418. The van der Waals surface area contributed by atoms with Gasteiger partial charge in [0.1, 0.15) is 11.3 Å². The van der Waals surface area contributed by atoms with Crippen LogP contribution in [0.2, 0.25) is 0 Å². The van der Waals surface area contributed by atoms with Gasteiger partial charge in [0.2, 0.25) is 10.0 Å². The highest BCUT2D eigenvalue weighted by Gasteiger charge is 2.15. The molecule has 0 aliphatic rings. The van der Waals surface area contributed by atoms with Crippen molar-refractivity contribution in [2.45, 2.75) is 4.90 Å². The quantitative estimate of drug-likeness (QED) is 0.842. The lowest BCUT2D eigenvalue weighted by atomic mass is 10.2. The minimum atomic E-state index is -3.75. The van der Waals surface area contributed by atoms with E-state index in [-0.39, 0.29) is 4.90 Å². The number of hydrogen-bond donors (Lipinski definition) is 1. The lowest BCUT2D eigenvalue weighted by Gasteiger charge is -2.07. The predicted molar refractivity (Wildman–Crippen MR) is 59.7 cm³/mol. The number of nitrogens with two attached hydrogens (primary N) is 1. The molecule has 0 aliphatic carbocycles. The average Bonchev–Trinajstić information content (AvgIpc) is 2.26. The fraction of sp³-hybridized carbons (Fsp3) is 0.100. The molecule has 1 aromatic heterocycles. The van der Waals surface area contributed by atoms with Crippen molar-refractivity contribution in [2.24, 2.45) is 5.14 Å². The Bertz CT molecular complexity index is 638. The van der Waals surface area contributed by atoms with Gasteiger partial charge in [0.25, 0.3) is 0 Å². The molecule has 0 fully saturated rings. The molecule has 0 bridgehead atoms. The molecule has 5 nitrogen and oxygen atoms in total. The first kappa shape index (κ1) is 10.8. The van der Waals surface area contributed by atoms with Crippen LogP contribution in [0.25, 0.3) is 10.9 Å². The number of sulfonamides is 1. The van der Waals surface area contributed by atoms with Crippen LogP contribution in [0.1, 0.15) is 0 Å². The van der Waals surface area contributed by atoms with E-state index in [0.29, 0.717) is 16.7 Å². The summed E-state index contributed by atoms with van der Waals surface area (Å²) in [5, 5.41) is 5.58. The van der Waals surface area contributed by atoms with Crippen molar-refractivity contribution in [3.05, 3.63) is 30.5 Å². The van der Waals surface area contributed by atoms with Crippen molar-refractivity contribution in [1.29, 1.82) is 0 Å².